The molecule has 0 aromatic heterocycles. The molecule has 4 heteroatoms. The molecule has 0 bridgehead atoms. The normalized spacial score (nSPS) is 25.1. The van der Waals surface area contributed by atoms with E-state index in [1.807, 2.05) is 12.1 Å². The molecule has 29 heavy (non-hydrogen) atoms. The van der Waals surface area contributed by atoms with E-state index in [1.165, 1.54) is 16.7 Å². The van der Waals surface area contributed by atoms with Crippen LogP contribution in [-0.4, -0.2) is 43.0 Å². The zero-order chi connectivity index (χ0) is 21.0. The number of aryl methyl sites for hydroxylation is 1. The van der Waals surface area contributed by atoms with E-state index in [9.17, 15) is 4.79 Å². The second-order valence-corrected chi connectivity index (χ2v) is 8.65. The Morgan fingerprint density at radius 3 is 2.62 bits per heavy atom. The Hall–Kier alpha value is -2.17. The Bertz CT molecular complexity index is 835. The van der Waals surface area contributed by atoms with Gasteiger partial charge in [0.25, 0.3) is 0 Å². The fraction of sp³-hybridized carbons (Fsp3) is 0.480. The third-order valence-corrected chi connectivity index (χ3v) is 6.86. The lowest BCUT2D eigenvalue weighted by Gasteiger charge is -2.50. The molecular formula is C25H35N3O. The maximum Gasteiger partial charge on any atom is 0.248 e. The van der Waals surface area contributed by atoms with Gasteiger partial charge in [-0.3, -0.25) is 4.79 Å². The minimum absolute atomic E-state index is 0.0561. The second kappa shape index (κ2) is 9.10. The average Bonchev–Trinajstić information content (AvgIpc) is 2.73. The molecule has 1 saturated heterocycles. The number of piperidine rings is 1. The van der Waals surface area contributed by atoms with Gasteiger partial charge in [-0.05, 0) is 75.1 Å². The van der Waals surface area contributed by atoms with Crippen molar-refractivity contribution in [2.45, 2.75) is 57.5 Å². The molecule has 1 aliphatic rings. The molecule has 1 aliphatic heterocycles. The molecule has 4 nitrogen and oxygen atoms in total. The summed E-state index contributed by atoms with van der Waals surface area (Å²) in [7, 11) is 2.21. The number of primary amides is 1. The lowest BCUT2D eigenvalue weighted by molar-refractivity contribution is 0.0886. The number of nitrogens with zero attached hydrogens (tertiary/aromatic N) is 1. The van der Waals surface area contributed by atoms with Crippen LogP contribution in [0, 0.1) is 0 Å². The quantitative estimate of drug-likeness (QED) is 0.757. The number of carbonyl (C=O) groups excluding carboxylic acids is 1. The predicted molar refractivity (Wildman–Crippen MR) is 120 cm³/mol. The Morgan fingerprint density at radius 2 is 1.97 bits per heavy atom. The predicted octanol–water partition coefficient (Wildman–Crippen LogP) is 3.53. The largest absolute Gasteiger partial charge is 0.366 e. The van der Waals surface area contributed by atoms with Crippen molar-refractivity contribution in [2.75, 3.05) is 20.1 Å². The molecule has 1 fully saturated rings. The number of nitrogens with two attached hydrogens (primary N) is 1. The van der Waals surface area contributed by atoms with E-state index in [2.05, 4.69) is 74.4 Å². The van der Waals surface area contributed by atoms with Crippen molar-refractivity contribution >= 4 is 5.91 Å². The van der Waals surface area contributed by atoms with E-state index >= 15 is 0 Å². The molecular weight excluding hydrogens is 358 g/mol. The summed E-state index contributed by atoms with van der Waals surface area (Å²) in [5, 5.41) is 3.88. The number of likely N-dealkylation sites (tertiary alicyclic amines) is 1. The Balaban J connectivity index is 1.91. The van der Waals surface area contributed by atoms with Crippen LogP contribution in [0.5, 0.6) is 0 Å². The van der Waals surface area contributed by atoms with E-state index < -0.39 is 0 Å². The fourth-order valence-corrected chi connectivity index (χ4v) is 4.84. The average molecular weight is 394 g/mol. The van der Waals surface area contributed by atoms with Crippen LogP contribution in [0.4, 0.5) is 0 Å². The summed E-state index contributed by atoms with van der Waals surface area (Å²) in [4.78, 5) is 14.3. The van der Waals surface area contributed by atoms with Gasteiger partial charge in [-0.15, -0.1) is 0 Å². The molecule has 0 unspecified atom stereocenters. The molecule has 0 radical (unpaired) electrons. The lowest BCUT2D eigenvalue weighted by atomic mass is 9.66. The highest BCUT2D eigenvalue weighted by Gasteiger charge is 2.44. The summed E-state index contributed by atoms with van der Waals surface area (Å²) in [5.74, 6) is -0.355. The van der Waals surface area contributed by atoms with Gasteiger partial charge in [0.1, 0.15) is 0 Å². The second-order valence-electron chi connectivity index (χ2n) is 8.65. The SMILES string of the molecule is CCc1ccc(C(N)=O)cc1[C@@]1(C)CCN(C)[C@H](C)[C@H]1NCCc1ccccc1. The van der Waals surface area contributed by atoms with Crippen LogP contribution in [0.2, 0.25) is 0 Å². The van der Waals surface area contributed by atoms with Gasteiger partial charge in [0.05, 0.1) is 0 Å². The maximum atomic E-state index is 11.9. The molecule has 2 aromatic carbocycles. The number of rotatable bonds is 7. The zero-order valence-electron chi connectivity index (χ0n) is 18.2. The smallest absolute Gasteiger partial charge is 0.248 e. The molecule has 0 saturated carbocycles. The number of nitrogens with one attached hydrogen (secondary N) is 1. The first kappa shape index (κ1) is 21.5. The van der Waals surface area contributed by atoms with Gasteiger partial charge in [-0.25, -0.2) is 0 Å². The molecule has 0 spiro atoms. The van der Waals surface area contributed by atoms with Crippen LogP contribution in [0.15, 0.2) is 48.5 Å². The van der Waals surface area contributed by atoms with E-state index in [0.29, 0.717) is 17.6 Å². The zero-order valence-corrected chi connectivity index (χ0v) is 18.2. The van der Waals surface area contributed by atoms with E-state index in [1.54, 1.807) is 0 Å². The molecule has 1 heterocycles. The van der Waals surface area contributed by atoms with Gasteiger partial charge >= 0.3 is 0 Å². The van der Waals surface area contributed by atoms with Gasteiger partial charge in [0, 0.05) is 23.1 Å². The highest BCUT2D eigenvalue weighted by atomic mass is 16.1. The van der Waals surface area contributed by atoms with Crippen molar-refractivity contribution in [1.82, 2.24) is 10.2 Å². The first-order valence-corrected chi connectivity index (χ1v) is 10.8. The van der Waals surface area contributed by atoms with E-state index in [-0.39, 0.29) is 11.3 Å². The number of amides is 1. The molecule has 3 N–H and O–H groups in total. The van der Waals surface area contributed by atoms with Crippen molar-refractivity contribution < 1.29 is 4.79 Å². The van der Waals surface area contributed by atoms with E-state index in [0.717, 1.165) is 32.4 Å². The van der Waals surface area contributed by atoms with Crippen LogP contribution >= 0.6 is 0 Å². The summed E-state index contributed by atoms with van der Waals surface area (Å²) in [6, 6.07) is 17.3. The molecule has 2 aromatic rings. The first-order valence-electron chi connectivity index (χ1n) is 10.8. The standard InChI is InChI=1S/C25H35N3O/c1-5-20-11-12-21(24(26)29)17-22(20)25(3)14-16-28(4)18(2)23(25)27-15-13-19-9-7-6-8-10-19/h6-12,17-18,23,27H,5,13-16H2,1-4H3,(H2,26,29)/t18-,23-,25-/m1/s1. The molecule has 3 rings (SSSR count). The van der Waals surface area contributed by atoms with Crippen molar-refractivity contribution in [3.8, 4) is 0 Å². The summed E-state index contributed by atoms with van der Waals surface area (Å²) in [5.41, 5.74) is 10.1. The lowest BCUT2D eigenvalue weighted by Crippen LogP contribution is -2.62. The van der Waals surface area contributed by atoms with Gasteiger partial charge in [0.15, 0.2) is 0 Å². The number of benzene rings is 2. The van der Waals surface area contributed by atoms with Crippen LogP contribution in [0.25, 0.3) is 0 Å². The monoisotopic (exact) mass is 393 g/mol. The highest BCUT2D eigenvalue weighted by molar-refractivity contribution is 5.93. The summed E-state index contributed by atoms with van der Waals surface area (Å²) < 4.78 is 0. The van der Waals surface area contributed by atoms with E-state index in [4.69, 9.17) is 5.73 Å². The van der Waals surface area contributed by atoms with Gasteiger partial charge in [-0.2, -0.15) is 0 Å². The van der Waals surface area contributed by atoms with Crippen molar-refractivity contribution in [1.29, 1.82) is 0 Å². The highest BCUT2D eigenvalue weighted by Crippen LogP contribution is 2.40. The van der Waals surface area contributed by atoms with Gasteiger partial charge < -0.3 is 16.0 Å². The van der Waals surface area contributed by atoms with Gasteiger partial charge in [-0.1, -0.05) is 50.2 Å². The van der Waals surface area contributed by atoms with Crippen LogP contribution in [-0.2, 0) is 18.3 Å². The number of hydrogen-bond acceptors (Lipinski definition) is 3. The van der Waals surface area contributed by atoms with Crippen molar-refractivity contribution in [3.05, 3.63) is 70.8 Å². The first-order chi connectivity index (χ1) is 13.9. The van der Waals surface area contributed by atoms with Crippen LogP contribution < -0.4 is 11.1 Å². The Kier molecular flexibility index (Phi) is 6.76. The number of likely N-dealkylation sites (N-methyl/N-ethyl adjacent to an activating group) is 1. The Labute approximate surface area is 175 Å². The fourth-order valence-electron chi connectivity index (χ4n) is 4.84. The maximum absolute atomic E-state index is 11.9. The third kappa shape index (κ3) is 4.54. The molecule has 3 atom stereocenters. The third-order valence-electron chi connectivity index (χ3n) is 6.86. The number of carbonyl (C=O) groups is 1. The summed E-state index contributed by atoms with van der Waals surface area (Å²) >= 11 is 0. The van der Waals surface area contributed by atoms with Crippen molar-refractivity contribution in [2.24, 2.45) is 5.73 Å². The van der Waals surface area contributed by atoms with Crippen LogP contribution in [0.1, 0.15) is 54.2 Å². The molecule has 0 aliphatic carbocycles. The number of hydrogen-bond donors (Lipinski definition) is 2. The minimum atomic E-state index is -0.355. The summed E-state index contributed by atoms with van der Waals surface area (Å²) in [6.07, 6.45) is 3.00. The van der Waals surface area contributed by atoms with Gasteiger partial charge in [0.2, 0.25) is 5.91 Å². The molecule has 1 amide bonds. The Morgan fingerprint density at radius 1 is 1.24 bits per heavy atom. The minimum Gasteiger partial charge on any atom is -0.366 e. The summed E-state index contributed by atoms with van der Waals surface area (Å²) in [6.45, 7) is 8.82. The van der Waals surface area contributed by atoms with Crippen molar-refractivity contribution in [3.63, 3.8) is 0 Å². The van der Waals surface area contributed by atoms with Crippen LogP contribution in [0.3, 0.4) is 0 Å². The topological polar surface area (TPSA) is 58.4 Å². The molecule has 156 valence electrons.